The Balaban J connectivity index is 1.47. The summed E-state index contributed by atoms with van der Waals surface area (Å²) in [5, 5.41) is 3.78. The fourth-order valence-electron chi connectivity index (χ4n) is 3.45. The van der Waals surface area contributed by atoms with Gasteiger partial charge < -0.3 is 5.32 Å². The second-order valence-electron chi connectivity index (χ2n) is 6.20. The maximum Gasteiger partial charge on any atom is 0.123 e. The monoisotopic (exact) mass is 247 g/mol. The highest BCUT2D eigenvalue weighted by atomic mass is 19.1. The minimum absolute atomic E-state index is 0.132. The molecule has 1 aromatic rings. The van der Waals surface area contributed by atoms with Crippen molar-refractivity contribution in [3.8, 4) is 0 Å². The fraction of sp³-hybridized carbons (Fsp3) is 0.625. The molecule has 0 saturated heterocycles. The number of hydrogen-bond donors (Lipinski definition) is 1. The largest absolute Gasteiger partial charge is 0.311 e. The Morgan fingerprint density at radius 3 is 2.33 bits per heavy atom. The van der Waals surface area contributed by atoms with E-state index in [9.17, 15) is 4.39 Å². The lowest BCUT2D eigenvalue weighted by atomic mass is 9.75. The van der Waals surface area contributed by atoms with Gasteiger partial charge in [-0.25, -0.2) is 4.39 Å². The Kier molecular flexibility index (Phi) is 3.38. The summed E-state index contributed by atoms with van der Waals surface area (Å²) in [6.07, 6.45) is 6.51. The van der Waals surface area contributed by atoms with Crippen LogP contribution in [0.4, 0.5) is 4.39 Å². The molecule has 2 aliphatic carbocycles. The molecule has 2 fully saturated rings. The van der Waals surface area contributed by atoms with E-state index in [0.717, 1.165) is 12.0 Å². The van der Waals surface area contributed by atoms with Gasteiger partial charge in [0, 0.05) is 12.1 Å². The number of hydrogen-bond acceptors (Lipinski definition) is 1. The average molecular weight is 247 g/mol. The summed E-state index contributed by atoms with van der Waals surface area (Å²) in [5.74, 6) is 1.41. The molecule has 0 aromatic heterocycles. The second-order valence-corrected chi connectivity index (χ2v) is 6.20. The minimum Gasteiger partial charge on any atom is -0.311 e. The Morgan fingerprint density at radius 2 is 1.72 bits per heavy atom. The molecule has 98 valence electrons. The second kappa shape index (κ2) is 5.00. The third kappa shape index (κ3) is 2.59. The van der Waals surface area contributed by atoms with Crippen LogP contribution in [0.5, 0.6) is 0 Å². The normalized spacial score (nSPS) is 35.4. The van der Waals surface area contributed by atoms with E-state index < -0.39 is 0 Å². The van der Waals surface area contributed by atoms with Gasteiger partial charge in [0.2, 0.25) is 0 Å². The van der Waals surface area contributed by atoms with Crippen LogP contribution in [-0.4, -0.2) is 12.1 Å². The molecular weight excluding hydrogens is 225 g/mol. The summed E-state index contributed by atoms with van der Waals surface area (Å²) >= 11 is 0. The van der Waals surface area contributed by atoms with Crippen molar-refractivity contribution < 1.29 is 4.39 Å². The molecule has 1 aromatic carbocycles. The Bertz CT molecular complexity index is 394. The van der Waals surface area contributed by atoms with Crippen LogP contribution >= 0.6 is 0 Å². The van der Waals surface area contributed by atoms with Crippen molar-refractivity contribution in [1.82, 2.24) is 5.32 Å². The van der Waals surface area contributed by atoms with Crippen molar-refractivity contribution in [2.24, 2.45) is 5.92 Å². The molecule has 2 heteroatoms. The zero-order chi connectivity index (χ0) is 12.5. The molecule has 0 amide bonds. The molecule has 2 aliphatic rings. The highest BCUT2D eigenvalue weighted by Crippen LogP contribution is 2.38. The van der Waals surface area contributed by atoms with Crippen molar-refractivity contribution in [2.45, 2.75) is 57.0 Å². The summed E-state index contributed by atoms with van der Waals surface area (Å²) in [6.45, 7) is 2.35. The van der Waals surface area contributed by atoms with Gasteiger partial charge in [0.05, 0.1) is 0 Å². The van der Waals surface area contributed by atoms with Gasteiger partial charge in [-0.1, -0.05) is 19.1 Å². The summed E-state index contributed by atoms with van der Waals surface area (Å²) in [6, 6.07) is 8.47. The SMILES string of the molecule is CC1CCC(NC2CC(c3ccc(F)cc3)C2)C1. The van der Waals surface area contributed by atoms with Gasteiger partial charge in [0.1, 0.15) is 5.82 Å². The van der Waals surface area contributed by atoms with Crippen molar-refractivity contribution in [3.63, 3.8) is 0 Å². The van der Waals surface area contributed by atoms with Gasteiger partial charge >= 0.3 is 0 Å². The van der Waals surface area contributed by atoms with E-state index in [1.165, 1.54) is 37.7 Å². The molecule has 18 heavy (non-hydrogen) atoms. The van der Waals surface area contributed by atoms with Crippen LogP contribution in [0, 0.1) is 11.7 Å². The van der Waals surface area contributed by atoms with Gasteiger partial charge in [-0.2, -0.15) is 0 Å². The summed E-state index contributed by atoms with van der Waals surface area (Å²) < 4.78 is 12.8. The van der Waals surface area contributed by atoms with Crippen molar-refractivity contribution in [2.75, 3.05) is 0 Å². The van der Waals surface area contributed by atoms with E-state index in [0.29, 0.717) is 12.0 Å². The molecular formula is C16H22FN. The number of benzene rings is 1. The molecule has 2 saturated carbocycles. The standard InChI is InChI=1S/C16H22FN/c1-11-2-7-15(8-11)18-16-9-13(10-16)12-3-5-14(17)6-4-12/h3-6,11,13,15-16,18H,2,7-10H2,1H3. The molecule has 2 unspecified atom stereocenters. The third-order valence-corrected chi connectivity index (χ3v) is 4.65. The molecule has 3 rings (SSSR count). The molecule has 1 N–H and O–H groups in total. The molecule has 1 nitrogen and oxygen atoms in total. The van der Waals surface area contributed by atoms with Crippen LogP contribution in [0.3, 0.4) is 0 Å². The molecule has 2 atom stereocenters. The Labute approximate surface area is 109 Å². The van der Waals surface area contributed by atoms with Gasteiger partial charge in [0.15, 0.2) is 0 Å². The minimum atomic E-state index is -0.132. The Morgan fingerprint density at radius 1 is 1.00 bits per heavy atom. The van der Waals surface area contributed by atoms with Crippen LogP contribution in [0.2, 0.25) is 0 Å². The van der Waals surface area contributed by atoms with E-state index in [-0.39, 0.29) is 5.82 Å². The van der Waals surface area contributed by atoms with E-state index in [1.807, 2.05) is 12.1 Å². The van der Waals surface area contributed by atoms with Gasteiger partial charge in [-0.05, 0) is 61.6 Å². The number of halogens is 1. The van der Waals surface area contributed by atoms with Crippen molar-refractivity contribution in [1.29, 1.82) is 0 Å². The third-order valence-electron chi connectivity index (χ3n) is 4.65. The van der Waals surface area contributed by atoms with Crippen LogP contribution in [0.15, 0.2) is 24.3 Å². The topological polar surface area (TPSA) is 12.0 Å². The summed E-state index contributed by atoms with van der Waals surface area (Å²) in [4.78, 5) is 0. The van der Waals surface area contributed by atoms with E-state index in [4.69, 9.17) is 0 Å². The number of nitrogens with one attached hydrogen (secondary N) is 1. The van der Waals surface area contributed by atoms with Crippen LogP contribution in [0.25, 0.3) is 0 Å². The maximum absolute atomic E-state index is 12.8. The summed E-state index contributed by atoms with van der Waals surface area (Å²) in [5.41, 5.74) is 1.30. The van der Waals surface area contributed by atoms with Gasteiger partial charge in [0.25, 0.3) is 0 Å². The lowest BCUT2D eigenvalue weighted by Crippen LogP contribution is -2.44. The maximum atomic E-state index is 12.8. The van der Waals surface area contributed by atoms with Crippen LogP contribution in [0.1, 0.15) is 50.5 Å². The van der Waals surface area contributed by atoms with Crippen molar-refractivity contribution >= 4 is 0 Å². The lowest BCUT2D eigenvalue weighted by molar-refractivity contribution is 0.263. The smallest absolute Gasteiger partial charge is 0.123 e. The average Bonchev–Trinajstić information content (AvgIpc) is 2.71. The van der Waals surface area contributed by atoms with Crippen molar-refractivity contribution in [3.05, 3.63) is 35.6 Å². The number of rotatable bonds is 3. The van der Waals surface area contributed by atoms with Crippen LogP contribution in [-0.2, 0) is 0 Å². The first-order chi connectivity index (χ1) is 8.70. The zero-order valence-corrected chi connectivity index (χ0v) is 11.0. The molecule has 0 heterocycles. The predicted molar refractivity (Wildman–Crippen MR) is 72.1 cm³/mol. The highest BCUT2D eigenvalue weighted by molar-refractivity contribution is 5.23. The van der Waals surface area contributed by atoms with E-state index in [1.54, 1.807) is 12.1 Å². The molecule has 0 bridgehead atoms. The first-order valence-corrected chi connectivity index (χ1v) is 7.22. The molecule has 0 spiro atoms. The van der Waals surface area contributed by atoms with E-state index in [2.05, 4.69) is 12.2 Å². The predicted octanol–water partition coefficient (Wildman–Crippen LogP) is 3.85. The van der Waals surface area contributed by atoms with Crippen LogP contribution < -0.4 is 5.32 Å². The molecule has 0 radical (unpaired) electrons. The van der Waals surface area contributed by atoms with E-state index >= 15 is 0 Å². The first-order valence-electron chi connectivity index (χ1n) is 7.22. The zero-order valence-electron chi connectivity index (χ0n) is 11.0. The first kappa shape index (κ1) is 12.2. The lowest BCUT2D eigenvalue weighted by Gasteiger charge is -2.38. The summed E-state index contributed by atoms with van der Waals surface area (Å²) in [7, 11) is 0. The Hall–Kier alpha value is -0.890. The molecule has 0 aliphatic heterocycles. The quantitative estimate of drug-likeness (QED) is 0.855. The van der Waals surface area contributed by atoms with Gasteiger partial charge in [-0.15, -0.1) is 0 Å². The highest BCUT2D eigenvalue weighted by Gasteiger charge is 2.33. The van der Waals surface area contributed by atoms with Gasteiger partial charge in [-0.3, -0.25) is 0 Å². The fourth-order valence-corrected chi connectivity index (χ4v) is 3.45.